The number of aromatic nitrogens is 1. The molecule has 3 nitrogen and oxygen atoms in total. The van der Waals surface area contributed by atoms with E-state index in [0.717, 1.165) is 43.8 Å². The van der Waals surface area contributed by atoms with E-state index in [2.05, 4.69) is 87.3 Å². The molecule has 0 amide bonds. The highest BCUT2D eigenvalue weighted by atomic mass is 16.5. The highest BCUT2D eigenvalue weighted by Crippen LogP contribution is 2.37. The molecule has 1 aliphatic rings. The van der Waals surface area contributed by atoms with Gasteiger partial charge in [0.05, 0.1) is 12.8 Å². The topological polar surface area (TPSA) is 25.4 Å². The van der Waals surface area contributed by atoms with Gasteiger partial charge in [0.1, 0.15) is 5.75 Å². The Morgan fingerprint density at radius 1 is 1.00 bits per heavy atom. The summed E-state index contributed by atoms with van der Waals surface area (Å²) < 4.78 is 5.93. The van der Waals surface area contributed by atoms with Crippen molar-refractivity contribution >= 4 is 0 Å². The largest absolute Gasteiger partial charge is 0.496 e. The average Bonchev–Trinajstić information content (AvgIpc) is 2.87. The monoisotopic (exact) mass is 456 g/mol. The fourth-order valence-electron chi connectivity index (χ4n) is 5.42. The molecule has 0 N–H and O–H groups in total. The number of ether oxygens (including phenoxy) is 1. The highest BCUT2D eigenvalue weighted by Gasteiger charge is 2.28. The SMILES string of the molecule is CCc1cccc(CC)c1-c1cc(OC)c(CN2CCc3ccccc3C2CCC(C)C)cn1. The first kappa shape index (κ1) is 24.5. The van der Waals surface area contributed by atoms with Gasteiger partial charge in [-0.3, -0.25) is 9.88 Å². The van der Waals surface area contributed by atoms with E-state index in [1.165, 1.54) is 46.2 Å². The molecule has 0 aliphatic carbocycles. The number of pyridine rings is 1. The third-order valence-electron chi connectivity index (χ3n) is 7.33. The van der Waals surface area contributed by atoms with Gasteiger partial charge in [-0.05, 0) is 60.3 Å². The molecular weight excluding hydrogens is 416 g/mol. The summed E-state index contributed by atoms with van der Waals surface area (Å²) in [7, 11) is 1.79. The normalized spacial score (nSPS) is 16.0. The molecule has 1 atom stereocenters. The van der Waals surface area contributed by atoms with E-state index in [9.17, 15) is 0 Å². The van der Waals surface area contributed by atoms with Crippen molar-refractivity contribution in [2.24, 2.45) is 5.92 Å². The zero-order valence-electron chi connectivity index (χ0n) is 21.6. The third kappa shape index (κ3) is 5.20. The number of hydrogen-bond acceptors (Lipinski definition) is 3. The van der Waals surface area contributed by atoms with Crippen LogP contribution in [-0.2, 0) is 25.8 Å². The lowest BCUT2D eigenvalue weighted by molar-refractivity contribution is 0.159. The lowest BCUT2D eigenvalue weighted by atomic mass is 9.88. The van der Waals surface area contributed by atoms with Crippen LogP contribution in [0.4, 0.5) is 0 Å². The summed E-state index contributed by atoms with van der Waals surface area (Å²) in [4.78, 5) is 7.62. The second kappa shape index (κ2) is 11.2. The number of nitrogens with zero attached hydrogens (tertiary/aromatic N) is 2. The van der Waals surface area contributed by atoms with Crippen molar-refractivity contribution in [2.45, 2.75) is 72.4 Å². The minimum absolute atomic E-state index is 0.448. The molecule has 2 heterocycles. The molecule has 3 heteroatoms. The van der Waals surface area contributed by atoms with Crippen LogP contribution < -0.4 is 4.74 Å². The summed E-state index contributed by atoms with van der Waals surface area (Å²) in [6.45, 7) is 11.0. The van der Waals surface area contributed by atoms with Crippen LogP contribution in [0.2, 0.25) is 0 Å². The number of aryl methyl sites for hydroxylation is 2. The molecule has 2 aromatic carbocycles. The van der Waals surface area contributed by atoms with Crippen molar-refractivity contribution < 1.29 is 4.74 Å². The maximum Gasteiger partial charge on any atom is 0.127 e. The molecule has 1 unspecified atom stereocenters. The highest BCUT2D eigenvalue weighted by molar-refractivity contribution is 5.69. The predicted octanol–water partition coefficient (Wildman–Crippen LogP) is 7.42. The van der Waals surface area contributed by atoms with Crippen molar-refractivity contribution in [2.75, 3.05) is 13.7 Å². The molecule has 0 bridgehead atoms. The summed E-state index contributed by atoms with van der Waals surface area (Å²) in [6, 6.07) is 18.2. The van der Waals surface area contributed by atoms with E-state index < -0.39 is 0 Å². The fraction of sp³-hybridized carbons (Fsp3) is 0.452. The number of rotatable bonds is 9. The molecule has 0 spiro atoms. The van der Waals surface area contributed by atoms with Crippen molar-refractivity contribution in [1.29, 1.82) is 0 Å². The molecule has 180 valence electrons. The van der Waals surface area contributed by atoms with Gasteiger partial charge in [-0.25, -0.2) is 0 Å². The quantitative estimate of drug-likeness (QED) is 0.335. The van der Waals surface area contributed by atoms with Gasteiger partial charge in [-0.15, -0.1) is 0 Å². The second-order valence-corrected chi connectivity index (χ2v) is 9.95. The van der Waals surface area contributed by atoms with Gasteiger partial charge in [0.15, 0.2) is 0 Å². The lowest BCUT2D eigenvalue weighted by Gasteiger charge is -2.38. The number of benzene rings is 2. The third-order valence-corrected chi connectivity index (χ3v) is 7.33. The molecule has 1 aliphatic heterocycles. The van der Waals surface area contributed by atoms with Gasteiger partial charge in [-0.2, -0.15) is 0 Å². The summed E-state index contributed by atoms with van der Waals surface area (Å²) >= 11 is 0. The van der Waals surface area contributed by atoms with E-state index in [1.54, 1.807) is 7.11 Å². The molecule has 0 fully saturated rings. The molecule has 0 saturated heterocycles. The molecule has 4 rings (SSSR count). The van der Waals surface area contributed by atoms with Gasteiger partial charge < -0.3 is 4.74 Å². The van der Waals surface area contributed by atoms with Crippen LogP contribution in [0.1, 0.15) is 74.4 Å². The van der Waals surface area contributed by atoms with Crippen molar-refractivity contribution in [3.8, 4) is 17.0 Å². The minimum Gasteiger partial charge on any atom is -0.496 e. The maximum atomic E-state index is 5.93. The summed E-state index contributed by atoms with van der Waals surface area (Å²) in [5, 5.41) is 0. The van der Waals surface area contributed by atoms with Gasteiger partial charge in [0.2, 0.25) is 0 Å². The van der Waals surface area contributed by atoms with Crippen molar-refractivity contribution in [3.05, 3.63) is 82.5 Å². The summed E-state index contributed by atoms with van der Waals surface area (Å²) in [6.07, 6.45) is 7.58. The Bertz CT molecular complexity index is 1080. The Morgan fingerprint density at radius 2 is 1.74 bits per heavy atom. The number of fused-ring (bicyclic) bond motifs is 1. The first-order valence-corrected chi connectivity index (χ1v) is 13.0. The zero-order chi connectivity index (χ0) is 24.1. The molecule has 0 radical (unpaired) electrons. The van der Waals surface area contributed by atoms with E-state index in [-0.39, 0.29) is 0 Å². The second-order valence-electron chi connectivity index (χ2n) is 9.95. The molecule has 3 aromatic rings. The van der Waals surface area contributed by atoms with Gasteiger partial charge in [-0.1, -0.05) is 70.2 Å². The molecule has 0 saturated carbocycles. The predicted molar refractivity (Wildman–Crippen MR) is 142 cm³/mol. The van der Waals surface area contributed by atoms with Crippen LogP contribution in [0.3, 0.4) is 0 Å². The smallest absolute Gasteiger partial charge is 0.127 e. The van der Waals surface area contributed by atoms with E-state index in [4.69, 9.17) is 9.72 Å². The van der Waals surface area contributed by atoms with Crippen LogP contribution in [-0.4, -0.2) is 23.5 Å². The van der Waals surface area contributed by atoms with Crippen molar-refractivity contribution in [1.82, 2.24) is 9.88 Å². The van der Waals surface area contributed by atoms with Crippen molar-refractivity contribution in [3.63, 3.8) is 0 Å². The van der Waals surface area contributed by atoms with E-state index in [0.29, 0.717) is 12.0 Å². The standard InChI is InChI=1S/C31H40N2O/c1-6-23-12-10-13-24(7-2)31(23)28-19-30(34-5)26(20-32-28)21-33-18-17-25-11-8-9-14-27(25)29(33)16-15-22(3)4/h8-14,19-20,22,29H,6-7,15-18,21H2,1-5H3. The molecular formula is C31H40N2O. The lowest BCUT2D eigenvalue weighted by Crippen LogP contribution is -2.35. The summed E-state index contributed by atoms with van der Waals surface area (Å²) in [5.41, 5.74) is 9.19. The Balaban J connectivity index is 1.65. The maximum absolute atomic E-state index is 5.93. The van der Waals surface area contributed by atoms with Crippen LogP contribution in [0.5, 0.6) is 5.75 Å². The molecule has 34 heavy (non-hydrogen) atoms. The van der Waals surface area contributed by atoms with E-state index in [1.807, 2.05) is 0 Å². The molecule has 1 aromatic heterocycles. The van der Waals surface area contributed by atoms with Crippen LogP contribution in [0.25, 0.3) is 11.3 Å². The average molecular weight is 457 g/mol. The van der Waals surface area contributed by atoms with Gasteiger partial charge >= 0.3 is 0 Å². The first-order chi connectivity index (χ1) is 16.5. The Morgan fingerprint density at radius 3 is 2.41 bits per heavy atom. The number of methoxy groups -OCH3 is 1. The van der Waals surface area contributed by atoms with Gasteiger partial charge in [0.25, 0.3) is 0 Å². The minimum atomic E-state index is 0.448. The van der Waals surface area contributed by atoms with Crippen LogP contribution in [0, 0.1) is 5.92 Å². The Hall–Kier alpha value is -2.65. The van der Waals surface area contributed by atoms with Crippen LogP contribution >= 0.6 is 0 Å². The van der Waals surface area contributed by atoms with Gasteiger partial charge in [0, 0.05) is 42.5 Å². The Kier molecular flexibility index (Phi) is 8.05. The first-order valence-electron chi connectivity index (χ1n) is 13.0. The van der Waals surface area contributed by atoms with E-state index >= 15 is 0 Å². The number of hydrogen-bond donors (Lipinski definition) is 0. The Labute approximate surface area is 206 Å². The zero-order valence-corrected chi connectivity index (χ0v) is 21.6. The fourth-order valence-corrected chi connectivity index (χ4v) is 5.42. The summed E-state index contributed by atoms with van der Waals surface area (Å²) in [5.74, 6) is 1.65. The van der Waals surface area contributed by atoms with Crippen LogP contribution in [0.15, 0.2) is 54.7 Å².